The molecule has 0 fully saturated rings. The van der Waals surface area contributed by atoms with Gasteiger partial charge in [-0.15, -0.1) is 0 Å². The lowest BCUT2D eigenvalue weighted by Crippen LogP contribution is -2.01. The van der Waals surface area contributed by atoms with Crippen molar-refractivity contribution in [1.82, 2.24) is 9.78 Å². The fourth-order valence-corrected chi connectivity index (χ4v) is 2.57. The largest absolute Gasteiger partial charge is 0.294 e. The number of hydrogen-bond donors (Lipinski definition) is 0. The first-order chi connectivity index (χ1) is 10.2. The van der Waals surface area contributed by atoms with Crippen molar-refractivity contribution in [3.8, 4) is 16.9 Å². The molecule has 0 unspecified atom stereocenters. The normalized spacial score (nSPS) is 10.6. The molecule has 0 atom stereocenters. The average Bonchev–Trinajstić information content (AvgIpc) is 2.86. The lowest BCUT2D eigenvalue weighted by atomic mass is 10.0. The Kier molecular flexibility index (Phi) is 3.40. The highest BCUT2D eigenvalue weighted by Gasteiger charge is 2.20. The summed E-state index contributed by atoms with van der Waals surface area (Å²) in [6.07, 6.45) is 0. The molecule has 0 aliphatic heterocycles. The number of carbonyl (C=O) groups is 1. The topological polar surface area (TPSA) is 34.9 Å². The minimum absolute atomic E-state index is 0.0357. The van der Waals surface area contributed by atoms with Gasteiger partial charge in [0.1, 0.15) is 0 Å². The van der Waals surface area contributed by atoms with Gasteiger partial charge in [-0.25, -0.2) is 4.68 Å². The summed E-state index contributed by atoms with van der Waals surface area (Å²) in [6.45, 7) is 3.47. The van der Waals surface area contributed by atoms with Crippen LogP contribution in [0.2, 0.25) is 0 Å². The zero-order chi connectivity index (χ0) is 14.8. The molecular formula is C18H16N2O. The summed E-state index contributed by atoms with van der Waals surface area (Å²) in [6, 6.07) is 19.8. The van der Waals surface area contributed by atoms with Crippen LogP contribution in [0.5, 0.6) is 0 Å². The molecule has 3 nitrogen and oxygen atoms in total. The number of aromatic nitrogens is 2. The van der Waals surface area contributed by atoms with Gasteiger partial charge in [0.05, 0.1) is 22.6 Å². The fourth-order valence-electron chi connectivity index (χ4n) is 2.57. The molecule has 3 rings (SSSR count). The standard InChI is InChI=1S/C18H16N2O/c1-13-17(14(2)21)18(15-9-5-3-6-10-15)20(19-13)16-11-7-4-8-12-16/h3-12H,1-2H3. The molecule has 0 amide bonds. The number of para-hydroxylation sites is 1. The van der Waals surface area contributed by atoms with Crippen molar-refractivity contribution in [3.05, 3.63) is 71.9 Å². The first-order valence-electron chi connectivity index (χ1n) is 6.90. The van der Waals surface area contributed by atoms with Crippen LogP contribution in [0.4, 0.5) is 0 Å². The third-order valence-electron chi connectivity index (χ3n) is 3.46. The van der Waals surface area contributed by atoms with Gasteiger partial charge in [0, 0.05) is 5.56 Å². The SMILES string of the molecule is CC(=O)c1c(C)nn(-c2ccccc2)c1-c1ccccc1. The monoisotopic (exact) mass is 276 g/mol. The van der Waals surface area contributed by atoms with Gasteiger partial charge in [0.15, 0.2) is 5.78 Å². The van der Waals surface area contributed by atoms with Crippen LogP contribution >= 0.6 is 0 Å². The van der Waals surface area contributed by atoms with Crippen LogP contribution in [0, 0.1) is 6.92 Å². The molecule has 0 aliphatic rings. The van der Waals surface area contributed by atoms with Crippen molar-refractivity contribution in [2.75, 3.05) is 0 Å². The van der Waals surface area contributed by atoms with Crippen LogP contribution in [0.3, 0.4) is 0 Å². The van der Waals surface area contributed by atoms with Gasteiger partial charge in [0.2, 0.25) is 0 Å². The Labute approximate surface area is 123 Å². The maximum atomic E-state index is 12.1. The molecule has 1 heterocycles. The molecule has 104 valence electrons. The Morgan fingerprint density at radius 3 is 2.10 bits per heavy atom. The number of carbonyl (C=O) groups excluding carboxylic acids is 1. The van der Waals surface area contributed by atoms with Gasteiger partial charge in [-0.3, -0.25) is 4.79 Å². The van der Waals surface area contributed by atoms with Crippen molar-refractivity contribution in [2.24, 2.45) is 0 Å². The quantitative estimate of drug-likeness (QED) is 0.676. The molecule has 0 saturated carbocycles. The summed E-state index contributed by atoms with van der Waals surface area (Å²) in [4.78, 5) is 12.1. The number of hydrogen-bond acceptors (Lipinski definition) is 2. The molecule has 3 aromatic rings. The molecular weight excluding hydrogens is 260 g/mol. The van der Waals surface area contributed by atoms with Crippen LogP contribution in [-0.4, -0.2) is 15.6 Å². The zero-order valence-electron chi connectivity index (χ0n) is 12.1. The molecule has 1 aromatic heterocycles. The zero-order valence-corrected chi connectivity index (χ0v) is 12.1. The van der Waals surface area contributed by atoms with E-state index in [-0.39, 0.29) is 5.78 Å². The maximum Gasteiger partial charge on any atom is 0.163 e. The first-order valence-corrected chi connectivity index (χ1v) is 6.90. The number of rotatable bonds is 3. The lowest BCUT2D eigenvalue weighted by Gasteiger charge is -2.09. The van der Waals surface area contributed by atoms with Gasteiger partial charge < -0.3 is 0 Å². The van der Waals surface area contributed by atoms with Crippen LogP contribution in [-0.2, 0) is 0 Å². The smallest absolute Gasteiger partial charge is 0.163 e. The van der Waals surface area contributed by atoms with Crippen LogP contribution in [0.25, 0.3) is 16.9 Å². The maximum absolute atomic E-state index is 12.1. The molecule has 0 saturated heterocycles. The predicted octanol–water partition coefficient (Wildman–Crippen LogP) is 4.05. The molecule has 0 N–H and O–H groups in total. The van der Waals surface area contributed by atoms with Crippen LogP contribution < -0.4 is 0 Å². The lowest BCUT2D eigenvalue weighted by molar-refractivity contribution is 0.101. The minimum Gasteiger partial charge on any atom is -0.294 e. The summed E-state index contributed by atoms with van der Waals surface area (Å²) >= 11 is 0. The van der Waals surface area contributed by atoms with Gasteiger partial charge in [0.25, 0.3) is 0 Å². The Balaban J connectivity index is 2.32. The molecule has 0 bridgehead atoms. The molecule has 0 aliphatic carbocycles. The van der Waals surface area contributed by atoms with E-state index in [1.54, 1.807) is 6.92 Å². The van der Waals surface area contributed by atoms with Gasteiger partial charge in [-0.2, -0.15) is 5.10 Å². The van der Waals surface area contributed by atoms with E-state index >= 15 is 0 Å². The van der Waals surface area contributed by atoms with Gasteiger partial charge >= 0.3 is 0 Å². The summed E-state index contributed by atoms with van der Waals surface area (Å²) in [5.41, 5.74) is 4.24. The fraction of sp³-hybridized carbons (Fsp3) is 0.111. The van der Waals surface area contributed by atoms with Crippen molar-refractivity contribution < 1.29 is 4.79 Å². The van der Waals surface area contributed by atoms with E-state index in [0.29, 0.717) is 5.56 Å². The summed E-state index contributed by atoms with van der Waals surface area (Å²) in [5, 5.41) is 4.57. The van der Waals surface area contributed by atoms with E-state index in [1.807, 2.05) is 72.3 Å². The minimum atomic E-state index is 0.0357. The van der Waals surface area contributed by atoms with E-state index in [9.17, 15) is 4.79 Å². The highest BCUT2D eigenvalue weighted by atomic mass is 16.1. The highest BCUT2D eigenvalue weighted by Crippen LogP contribution is 2.29. The first kappa shape index (κ1) is 13.3. The van der Waals surface area contributed by atoms with E-state index in [0.717, 1.165) is 22.6 Å². The molecule has 2 aromatic carbocycles. The molecule has 0 spiro atoms. The molecule has 0 radical (unpaired) electrons. The van der Waals surface area contributed by atoms with Crippen molar-refractivity contribution in [2.45, 2.75) is 13.8 Å². The third-order valence-corrected chi connectivity index (χ3v) is 3.46. The second kappa shape index (κ2) is 5.37. The molecule has 21 heavy (non-hydrogen) atoms. The summed E-state index contributed by atoms with van der Waals surface area (Å²) in [7, 11) is 0. The number of ketones is 1. The molecule has 3 heteroatoms. The number of aryl methyl sites for hydroxylation is 1. The number of benzene rings is 2. The highest BCUT2D eigenvalue weighted by molar-refractivity contribution is 6.01. The Hall–Kier alpha value is -2.68. The summed E-state index contributed by atoms with van der Waals surface area (Å²) < 4.78 is 1.85. The van der Waals surface area contributed by atoms with E-state index in [1.165, 1.54) is 0 Å². The van der Waals surface area contributed by atoms with Crippen molar-refractivity contribution in [1.29, 1.82) is 0 Å². The predicted molar refractivity (Wildman–Crippen MR) is 83.7 cm³/mol. The van der Waals surface area contributed by atoms with Crippen LogP contribution in [0.1, 0.15) is 23.0 Å². The van der Waals surface area contributed by atoms with Crippen molar-refractivity contribution >= 4 is 5.78 Å². The van der Waals surface area contributed by atoms with E-state index < -0.39 is 0 Å². The van der Waals surface area contributed by atoms with E-state index in [4.69, 9.17) is 0 Å². The second-order valence-electron chi connectivity index (χ2n) is 4.98. The Morgan fingerprint density at radius 1 is 0.952 bits per heavy atom. The summed E-state index contributed by atoms with van der Waals surface area (Å²) in [5.74, 6) is 0.0357. The third kappa shape index (κ3) is 2.38. The van der Waals surface area contributed by atoms with E-state index in [2.05, 4.69) is 5.10 Å². The number of nitrogens with zero attached hydrogens (tertiary/aromatic N) is 2. The van der Waals surface area contributed by atoms with Gasteiger partial charge in [-0.1, -0.05) is 48.5 Å². The Morgan fingerprint density at radius 2 is 1.52 bits per heavy atom. The van der Waals surface area contributed by atoms with Crippen LogP contribution in [0.15, 0.2) is 60.7 Å². The second-order valence-corrected chi connectivity index (χ2v) is 4.98. The van der Waals surface area contributed by atoms with Crippen molar-refractivity contribution in [3.63, 3.8) is 0 Å². The average molecular weight is 276 g/mol. The number of Topliss-reactive ketones (excluding diaryl/α,β-unsaturated/α-hetero) is 1. The Bertz CT molecular complexity index is 774. The van der Waals surface area contributed by atoms with Gasteiger partial charge in [-0.05, 0) is 26.0 Å².